The van der Waals surface area contributed by atoms with E-state index in [2.05, 4.69) is 20.8 Å². The highest BCUT2D eigenvalue weighted by molar-refractivity contribution is 5.90. The van der Waals surface area contributed by atoms with Gasteiger partial charge in [0.05, 0.1) is 0 Å². The summed E-state index contributed by atoms with van der Waals surface area (Å²) in [6.07, 6.45) is 3.31. The number of nitrogens with one attached hydrogen (secondary N) is 2. The Kier molecular flexibility index (Phi) is 2.96. The number of fused-ring (bicyclic) bond motifs is 2. The third-order valence-electron chi connectivity index (χ3n) is 4.26. The zero-order valence-electron chi connectivity index (χ0n) is 11.5. The van der Waals surface area contributed by atoms with Crippen molar-refractivity contribution >= 4 is 5.91 Å². The molecule has 2 aliphatic heterocycles. The van der Waals surface area contributed by atoms with Crippen molar-refractivity contribution in [1.82, 2.24) is 20.8 Å². The van der Waals surface area contributed by atoms with Gasteiger partial charge in [-0.1, -0.05) is 18.2 Å². The molecule has 2 fully saturated rings. The minimum absolute atomic E-state index is 0.0247. The summed E-state index contributed by atoms with van der Waals surface area (Å²) in [5, 5.41) is 14.3. The molecule has 0 radical (unpaired) electrons. The molecule has 1 aromatic heterocycles. The Hall–Kier alpha value is -2.21. The minimum atomic E-state index is -0.288. The largest absolute Gasteiger partial charge is 0.412 e. The molecule has 2 N–H and O–H groups in total. The standard InChI is InChI=1S/C15H16N4O2/c20-13(17-12-8-10-6-7-11(12)16-10)15-19-18-14(21-15)9-4-2-1-3-5-9/h1-5,10-12,16H,6-8H2,(H,17,20)/t10-,11+,12-/m1/s1. The van der Waals surface area contributed by atoms with E-state index in [0.29, 0.717) is 18.0 Å². The summed E-state index contributed by atoms with van der Waals surface area (Å²) in [4.78, 5) is 12.2. The topological polar surface area (TPSA) is 80.0 Å². The first-order valence-corrected chi connectivity index (χ1v) is 7.25. The first-order valence-electron chi connectivity index (χ1n) is 7.25. The molecular formula is C15H16N4O2. The number of benzene rings is 1. The number of nitrogens with zero attached hydrogens (tertiary/aromatic N) is 2. The van der Waals surface area contributed by atoms with Gasteiger partial charge in [-0.15, -0.1) is 10.2 Å². The summed E-state index contributed by atoms with van der Waals surface area (Å²) in [6, 6.07) is 10.5. The molecule has 0 unspecified atom stereocenters. The highest BCUT2D eigenvalue weighted by Crippen LogP contribution is 2.28. The molecule has 0 aliphatic carbocycles. The Bertz CT molecular complexity index is 655. The van der Waals surface area contributed by atoms with E-state index in [1.54, 1.807) is 0 Å². The van der Waals surface area contributed by atoms with E-state index in [9.17, 15) is 4.79 Å². The molecule has 2 saturated heterocycles. The first-order chi connectivity index (χ1) is 10.3. The predicted molar refractivity (Wildman–Crippen MR) is 75.6 cm³/mol. The lowest BCUT2D eigenvalue weighted by Gasteiger charge is -2.20. The van der Waals surface area contributed by atoms with E-state index >= 15 is 0 Å². The van der Waals surface area contributed by atoms with Gasteiger partial charge in [-0.05, 0) is 31.4 Å². The van der Waals surface area contributed by atoms with Crippen molar-refractivity contribution in [3.05, 3.63) is 36.2 Å². The number of carbonyl (C=O) groups excluding carboxylic acids is 1. The molecule has 1 aromatic carbocycles. The highest BCUT2D eigenvalue weighted by Gasteiger charge is 2.40. The minimum Gasteiger partial charge on any atom is -0.412 e. The van der Waals surface area contributed by atoms with Crippen LogP contribution in [0.4, 0.5) is 0 Å². The van der Waals surface area contributed by atoms with Crippen LogP contribution >= 0.6 is 0 Å². The molecular weight excluding hydrogens is 268 g/mol. The average molecular weight is 284 g/mol. The van der Waals surface area contributed by atoms with Gasteiger partial charge in [0.15, 0.2) is 0 Å². The molecule has 6 heteroatoms. The van der Waals surface area contributed by atoms with Crippen molar-refractivity contribution in [3.63, 3.8) is 0 Å². The van der Waals surface area contributed by atoms with Crippen LogP contribution in [0.3, 0.4) is 0 Å². The monoisotopic (exact) mass is 284 g/mol. The van der Waals surface area contributed by atoms with Gasteiger partial charge in [0, 0.05) is 23.7 Å². The maximum atomic E-state index is 12.2. The van der Waals surface area contributed by atoms with E-state index in [0.717, 1.165) is 18.4 Å². The quantitative estimate of drug-likeness (QED) is 0.889. The zero-order chi connectivity index (χ0) is 14.2. The molecule has 0 saturated carbocycles. The Labute approximate surface area is 121 Å². The van der Waals surface area contributed by atoms with Crippen LogP contribution in [0.25, 0.3) is 11.5 Å². The Balaban J connectivity index is 1.47. The Morgan fingerprint density at radius 3 is 2.81 bits per heavy atom. The molecule has 4 rings (SSSR count). The van der Waals surface area contributed by atoms with Gasteiger partial charge in [0.25, 0.3) is 0 Å². The van der Waals surface area contributed by atoms with Gasteiger partial charge < -0.3 is 15.1 Å². The van der Waals surface area contributed by atoms with Gasteiger partial charge in [-0.25, -0.2) is 0 Å². The lowest BCUT2D eigenvalue weighted by molar-refractivity contribution is 0.0896. The summed E-state index contributed by atoms with van der Waals surface area (Å²) < 4.78 is 5.47. The van der Waals surface area contributed by atoms with Gasteiger partial charge >= 0.3 is 11.8 Å². The van der Waals surface area contributed by atoms with Crippen molar-refractivity contribution in [1.29, 1.82) is 0 Å². The fourth-order valence-corrected chi connectivity index (χ4v) is 3.23. The molecule has 3 atom stereocenters. The smallest absolute Gasteiger partial charge is 0.309 e. The molecule has 21 heavy (non-hydrogen) atoms. The molecule has 108 valence electrons. The summed E-state index contributed by atoms with van der Waals surface area (Å²) in [6.45, 7) is 0. The normalized spacial score (nSPS) is 27.0. The van der Waals surface area contributed by atoms with Crippen LogP contribution in [0.2, 0.25) is 0 Å². The molecule has 2 bridgehead atoms. The van der Waals surface area contributed by atoms with Crippen LogP contribution in [0.5, 0.6) is 0 Å². The van der Waals surface area contributed by atoms with E-state index in [4.69, 9.17) is 4.42 Å². The van der Waals surface area contributed by atoms with Crippen molar-refractivity contribution < 1.29 is 9.21 Å². The van der Waals surface area contributed by atoms with Gasteiger partial charge in [-0.3, -0.25) is 4.79 Å². The van der Waals surface area contributed by atoms with Crippen molar-refractivity contribution in [2.24, 2.45) is 0 Å². The summed E-state index contributed by atoms with van der Waals surface area (Å²) in [7, 11) is 0. The second kappa shape index (κ2) is 4.96. The predicted octanol–water partition coefficient (Wildman–Crippen LogP) is 1.36. The lowest BCUT2D eigenvalue weighted by atomic mass is 9.95. The molecule has 1 amide bonds. The number of aromatic nitrogens is 2. The molecule has 2 aromatic rings. The third kappa shape index (κ3) is 2.31. The maximum Gasteiger partial charge on any atom is 0.309 e. The highest BCUT2D eigenvalue weighted by atomic mass is 16.4. The second-order valence-corrected chi connectivity index (χ2v) is 5.64. The van der Waals surface area contributed by atoms with Crippen LogP contribution in [-0.4, -0.2) is 34.2 Å². The number of hydrogen-bond acceptors (Lipinski definition) is 5. The van der Waals surface area contributed by atoms with E-state index in [-0.39, 0.29) is 17.8 Å². The Morgan fingerprint density at radius 2 is 2.10 bits per heavy atom. The van der Waals surface area contributed by atoms with Crippen LogP contribution in [0.1, 0.15) is 29.9 Å². The first kappa shape index (κ1) is 12.5. The van der Waals surface area contributed by atoms with E-state index in [1.807, 2.05) is 30.3 Å². The maximum absolute atomic E-state index is 12.2. The van der Waals surface area contributed by atoms with Crippen LogP contribution in [0.15, 0.2) is 34.7 Å². The van der Waals surface area contributed by atoms with E-state index in [1.165, 1.54) is 6.42 Å². The summed E-state index contributed by atoms with van der Waals surface area (Å²) in [5.41, 5.74) is 0.811. The average Bonchev–Trinajstić information content (AvgIpc) is 3.24. The van der Waals surface area contributed by atoms with Crippen LogP contribution in [-0.2, 0) is 0 Å². The van der Waals surface area contributed by atoms with Crippen molar-refractivity contribution in [2.45, 2.75) is 37.4 Å². The summed E-state index contributed by atoms with van der Waals surface area (Å²) in [5.74, 6) is 0.104. The van der Waals surface area contributed by atoms with E-state index < -0.39 is 0 Å². The second-order valence-electron chi connectivity index (χ2n) is 5.64. The summed E-state index contributed by atoms with van der Waals surface area (Å²) >= 11 is 0. The molecule has 3 heterocycles. The SMILES string of the molecule is O=C(N[C@@H]1C[C@H]2CC[C@@H]1N2)c1nnc(-c2ccccc2)o1. The third-order valence-corrected chi connectivity index (χ3v) is 4.26. The van der Waals surface area contributed by atoms with Crippen LogP contribution in [0, 0.1) is 0 Å². The lowest BCUT2D eigenvalue weighted by Crippen LogP contribution is -2.43. The fraction of sp³-hybridized carbons (Fsp3) is 0.400. The fourth-order valence-electron chi connectivity index (χ4n) is 3.23. The van der Waals surface area contributed by atoms with Gasteiger partial charge in [0.1, 0.15) is 0 Å². The molecule has 0 spiro atoms. The molecule has 2 aliphatic rings. The number of carbonyl (C=O) groups is 1. The number of amides is 1. The van der Waals surface area contributed by atoms with Crippen LogP contribution < -0.4 is 10.6 Å². The number of hydrogen-bond donors (Lipinski definition) is 2. The zero-order valence-corrected chi connectivity index (χ0v) is 11.5. The molecule has 6 nitrogen and oxygen atoms in total. The number of rotatable bonds is 3. The van der Waals surface area contributed by atoms with Crippen molar-refractivity contribution in [3.8, 4) is 11.5 Å². The van der Waals surface area contributed by atoms with Crippen molar-refractivity contribution in [2.75, 3.05) is 0 Å². The van der Waals surface area contributed by atoms with Gasteiger partial charge in [0.2, 0.25) is 5.89 Å². The van der Waals surface area contributed by atoms with Gasteiger partial charge in [-0.2, -0.15) is 0 Å². The Morgan fingerprint density at radius 1 is 1.24 bits per heavy atom.